The highest BCUT2D eigenvalue weighted by Gasteiger charge is 2.29. The molecule has 0 radical (unpaired) electrons. The minimum atomic E-state index is -3.64. The number of sulfonamides is 1. The van der Waals surface area contributed by atoms with Gasteiger partial charge in [0.15, 0.2) is 0 Å². The maximum absolute atomic E-state index is 13.2. The first kappa shape index (κ1) is 17.2. The molecule has 2 rings (SSSR count). The van der Waals surface area contributed by atoms with E-state index >= 15 is 0 Å². The minimum Gasteiger partial charge on any atom is -0.369 e. The van der Waals surface area contributed by atoms with Crippen molar-refractivity contribution in [3.8, 4) is 12.3 Å². The predicted molar refractivity (Wildman–Crippen MR) is 82.5 cm³/mol. The van der Waals surface area contributed by atoms with Crippen molar-refractivity contribution in [3.63, 3.8) is 0 Å². The monoisotopic (exact) mass is 345 g/mol. The van der Waals surface area contributed by atoms with Crippen molar-refractivity contribution in [1.29, 1.82) is 0 Å². The number of hydrogen-bond donors (Lipinski definition) is 0. The molecule has 0 atom stereocenters. The van der Waals surface area contributed by atoms with Crippen LogP contribution in [0.15, 0.2) is 23.1 Å². The van der Waals surface area contributed by atoms with Gasteiger partial charge in [-0.2, -0.15) is 4.31 Å². The number of benzene rings is 1. The van der Waals surface area contributed by atoms with E-state index < -0.39 is 15.8 Å². The second kappa shape index (κ2) is 7.42. The summed E-state index contributed by atoms with van der Waals surface area (Å²) in [4.78, 5) is 0.0148. The van der Waals surface area contributed by atoms with Gasteiger partial charge in [-0.1, -0.05) is 17.5 Å². The number of terminal acetylenes is 1. The van der Waals surface area contributed by atoms with Gasteiger partial charge in [0.05, 0.1) is 16.5 Å². The Hall–Kier alpha value is -1.13. The molecule has 0 bridgehead atoms. The first-order valence-electron chi connectivity index (χ1n) is 6.91. The molecule has 1 heterocycles. The van der Waals surface area contributed by atoms with Crippen LogP contribution < -0.4 is 0 Å². The van der Waals surface area contributed by atoms with Crippen molar-refractivity contribution in [2.45, 2.75) is 17.7 Å². The van der Waals surface area contributed by atoms with Gasteiger partial charge in [0.25, 0.3) is 0 Å². The van der Waals surface area contributed by atoms with Crippen LogP contribution in [-0.2, 0) is 14.8 Å². The number of halogens is 2. The van der Waals surface area contributed by atoms with E-state index in [9.17, 15) is 12.8 Å². The second-order valence-electron chi connectivity index (χ2n) is 5.14. The van der Waals surface area contributed by atoms with Crippen molar-refractivity contribution >= 4 is 21.6 Å². The molecule has 1 aromatic rings. The SMILES string of the molecule is C#CCOCC1CCN(S(=O)(=O)c2ccc(F)c(Cl)c2)CC1. The Bertz CT molecular complexity index is 664. The summed E-state index contributed by atoms with van der Waals surface area (Å²) in [5.41, 5.74) is 0. The molecule has 0 amide bonds. The molecular weight excluding hydrogens is 329 g/mol. The summed E-state index contributed by atoms with van der Waals surface area (Å²) < 4.78 is 44.9. The Morgan fingerprint density at radius 3 is 2.68 bits per heavy atom. The topological polar surface area (TPSA) is 46.6 Å². The highest BCUT2D eigenvalue weighted by atomic mass is 35.5. The number of hydrogen-bond acceptors (Lipinski definition) is 3. The largest absolute Gasteiger partial charge is 0.369 e. The van der Waals surface area contributed by atoms with Crippen molar-refractivity contribution in [2.75, 3.05) is 26.3 Å². The Labute approximate surface area is 135 Å². The van der Waals surface area contributed by atoms with Crippen molar-refractivity contribution in [1.82, 2.24) is 4.31 Å². The summed E-state index contributed by atoms with van der Waals surface area (Å²) in [5, 5.41) is -0.196. The molecule has 0 aliphatic carbocycles. The Morgan fingerprint density at radius 1 is 1.41 bits per heavy atom. The lowest BCUT2D eigenvalue weighted by molar-refractivity contribution is 0.101. The molecule has 0 aromatic heterocycles. The van der Waals surface area contributed by atoms with E-state index in [4.69, 9.17) is 22.8 Å². The van der Waals surface area contributed by atoms with Gasteiger partial charge in [-0.25, -0.2) is 12.8 Å². The van der Waals surface area contributed by atoms with Crippen LogP contribution in [0.5, 0.6) is 0 Å². The lowest BCUT2D eigenvalue weighted by atomic mass is 9.99. The molecule has 120 valence electrons. The molecule has 0 spiro atoms. The molecule has 1 aromatic carbocycles. The van der Waals surface area contributed by atoms with Gasteiger partial charge in [0.1, 0.15) is 12.4 Å². The minimum absolute atomic E-state index is 0.0148. The van der Waals surface area contributed by atoms with Gasteiger partial charge in [-0.3, -0.25) is 0 Å². The van der Waals surface area contributed by atoms with E-state index in [1.807, 2.05) is 0 Å². The summed E-state index contributed by atoms with van der Waals surface area (Å²) in [6.45, 7) is 1.62. The molecule has 22 heavy (non-hydrogen) atoms. The molecule has 1 fully saturated rings. The fourth-order valence-electron chi connectivity index (χ4n) is 2.39. The fourth-order valence-corrected chi connectivity index (χ4v) is 4.13. The normalized spacial score (nSPS) is 17.3. The van der Waals surface area contributed by atoms with Crippen LogP contribution in [0.3, 0.4) is 0 Å². The van der Waals surface area contributed by atoms with Gasteiger partial charge < -0.3 is 4.74 Å². The van der Waals surface area contributed by atoms with Gasteiger partial charge in [0.2, 0.25) is 10.0 Å². The summed E-state index contributed by atoms with van der Waals surface area (Å²) in [6, 6.07) is 3.45. The quantitative estimate of drug-likeness (QED) is 0.608. The average molecular weight is 346 g/mol. The third-order valence-corrected chi connectivity index (χ3v) is 5.83. The Morgan fingerprint density at radius 2 is 2.09 bits per heavy atom. The first-order valence-corrected chi connectivity index (χ1v) is 8.73. The molecule has 0 saturated carbocycles. The molecule has 7 heteroatoms. The van der Waals surface area contributed by atoms with Crippen molar-refractivity contribution in [3.05, 3.63) is 29.0 Å². The van der Waals surface area contributed by atoms with Gasteiger partial charge in [0, 0.05) is 13.1 Å². The smallest absolute Gasteiger partial charge is 0.243 e. The Kier molecular flexibility index (Phi) is 5.81. The molecule has 4 nitrogen and oxygen atoms in total. The average Bonchev–Trinajstić information content (AvgIpc) is 2.51. The zero-order valence-corrected chi connectivity index (χ0v) is 13.5. The van der Waals surface area contributed by atoms with E-state index in [2.05, 4.69) is 5.92 Å². The highest BCUT2D eigenvalue weighted by molar-refractivity contribution is 7.89. The lowest BCUT2D eigenvalue weighted by Crippen LogP contribution is -2.39. The van der Waals surface area contributed by atoms with Crippen LogP contribution in [0.2, 0.25) is 5.02 Å². The predicted octanol–water partition coefficient (Wildman–Crippen LogP) is 2.53. The van der Waals surface area contributed by atoms with E-state index in [0.29, 0.717) is 38.5 Å². The van der Waals surface area contributed by atoms with Crippen LogP contribution in [0.4, 0.5) is 4.39 Å². The van der Waals surface area contributed by atoms with Gasteiger partial charge >= 0.3 is 0 Å². The van der Waals surface area contributed by atoms with Crippen LogP contribution in [0.1, 0.15) is 12.8 Å². The molecule has 1 aliphatic heterocycles. The van der Waals surface area contributed by atoms with Crippen LogP contribution in [0.25, 0.3) is 0 Å². The van der Waals surface area contributed by atoms with Crippen LogP contribution >= 0.6 is 11.6 Å². The molecular formula is C15H17ClFNO3S. The van der Waals surface area contributed by atoms with E-state index in [0.717, 1.165) is 12.1 Å². The van der Waals surface area contributed by atoms with E-state index in [1.54, 1.807) is 0 Å². The summed E-state index contributed by atoms with van der Waals surface area (Å²) in [6.07, 6.45) is 6.52. The standard InChI is InChI=1S/C15H17ClFNO3S/c1-2-9-21-11-12-5-7-18(8-6-12)22(19,20)13-3-4-15(17)14(16)10-13/h1,3-4,10,12H,5-9,11H2. The van der Waals surface area contributed by atoms with Gasteiger partial charge in [-0.05, 0) is 37.0 Å². The number of rotatable bonds is 5. The zero-order valence-electron chi connectivity index (χ0n) is 12.0. The molecule has 0 unspecified atom stereocenters. The summed E-state index contributed by atoms with van der Waals surface area (Å²) >= 11 is 5.66. The van der Waals surface area contributed by atoms with Crippen LogP contribution in [0, 0.1) is 24.1 Å². The van der Waals surface area contributed by atoms with Crippen molar-refractivity contribution in [2.24, 2.45) is 5.92 Å². The second-order valence-corrected chi connectivity index (χ2v) is 7.49. The molecule has 1 saturated heterocycles. The third-order valence-electron chi connectivity index (χ3n) is 3.64. The maximum Gasteiger partial charge on any atom is 0.243 e. The fraction of sp³-hybridized carbons (Fsp3) is 0.467. The van der Waals surface area contributed by atoms with E-state index in [-0.39, 0.29) is 16.5 Å². The first-order chi connectivity index (χ1) is 10.4. The summed E-state index contributed by atoms with van der Waals surface area (Å²) in [7, 11) is -3.64. The summed E-state index contributed by atoms with van der Waals surface area (Å²) in [5.74, 6) is 2.07. The maximum atomic E-state index is 13.2. The van der Waals surface area contributed by atoms with Crippen molar-refractivity contribution < 1.29 is 17.5 Å². The number of nitrogens with zero attached hydrogens (tertiary/aromatic N) is 1. The molecule has 0 N–H and O–H groups in total. The lowest BCUT2D eigenvalue weighted by Gasteiger charge is -2.31. The van der Waals surface area contributed by atoms with Crippen LogP contribution in [-0.4, -0.2) is 39.0 Å². The zero-order chi connectivity index (χ0) is 16.2. The van der Waals surface area contributed by atoms with E-state index in [1.165, 1.54) is 10.4 Å². The number of ether oxygens (including phenoxy) is 1. The number of piperidine rings is 1. The Balaban J connectivity index is 2.00. The molecule has 1 aliphatic rings. The van der Waals surface area contributed by atoms with Gasteiger partial charge in [-0.15, -0.1) is 6.42 Å². The highest BCUT2D eigenvalue weighted by Crippen LogP contribution is 2.26. The third kappa shape index (κ3) is 3.99.